The Bertz CT molecular complexity index is 326. The van der Waals surface area contributed by atoms with E-state index < -0.39 is 5.97 Å². The van der Waals surface area contributed by atoms with E-state index in [9.17, 15) is 4.79 Å². The Hall–Kier alpha value is -1.65. The molecule has 0 aliphatic heterocycles. The van der Waals surface area contributed by atoms with Crippen molar-refractivity contribution in [2.45, 2.75) is 26.4 Å². The summed E-state index contributed by atoms with van der Waals surface area (Å²) >= 11 is 0. The summed E-state index contributed by atoms with van der Waals surface area (Å²) in [6, 6.07) is 1.60. The van der Waals surface area contributed by atoms with Gasteiger partial charge in [0.05, 0.1) is 6.10 Å². The van der Waals surface area contributed by atoms with Crippen LogP contribution in [-0.2, 0) is 11.2 Å². The predicted octanol–water partition coefficient (Wildman–Crippen LogP) is 0.891. The Labute approximate surface area is 81.8 Å². The molecule has 0 saturated heterocycles. The highest BCUT2D eigenvalue weighted by atomic mass is 16.5. The highest BCUT2D eigenvalue weighted by Gasteiger charge is 2.05. The molecule has 0 radical (unpaired) electrons. The number of carbonyl (C=O) groups is 1. The molecule has 0 aliphatic carbocycles. The van der Waals surface area contributed by atoms with E-state index in [4.69, 9.17) is 9.84 Å². The number of carboxylic acids is 1. The monoisotopic (exact) mass is 196 g/mol. The smallest absolute Gasteiger partial charge is 0.311 e. The minimum atomic E-state index is -0.952. The molecule has 5 nitrogen and oxygen atoms in total. The zero-order valence-electron chi connectivity index (χ0n) is 8.10. The number of hydrogen-bond acceptors (Lipinski definition) is 4. The lowest BCUT2D eigenvalue weighted by Crippen LogP contribution is -2.10. The van der Waals surface area contributed by atoms with Gasteiger partial charge in [0, 0.05) is 12.3 Å². The first-order valence-corrected chi connectivity index (χ1v) is 4.28. The van der Waals surface area contributed by atoms with Gasteiger partial charge >= 0.3 is 5.97 Å². The summed E-state index contributed by atoms with van der Waals surface area (Å²) in [6.45, 7) is 3.75. The third kappa shape index (κ3) is 3.38. The van der Waals surface area contributed by atoms with Crippen LogP contribution in [-0.4, -0.2) is 27.1 Å². The normalized spacial score (nSPS) is 10.2. The van der Waals surface area contributed by atoms with E-state index in [2.05, 4.69) is 9.97 Å². The number of aromatic nitrogens is 2. The average Bonchev–Trinajstić information content (AvgIpc) is 2.01. The van der Waals surface area contributed by atoms with E-state index in [1.54, 1.807) is 6.07 Å². The van der Waals surface area contributed by atoms with Crippen molar-refractivity contribution in [3.63, 3.8) is 0 Å². The first-order valence-electron chi connectivity index (χ1n) is 4.28. The molecule has 1 heterocycles. The Morgan fingerprint density at radius 1 is 1.64 bits per heavy atom. The molecule has 1 aromatic heterocycles. The van der Waals surface area contributed by atoms with Crippen LogP contribution in [0.25, 0.3) is 0 Å². The highest BCUT2D eigenvalue weighted by molar-refractivity contribution is 5.68. The quantitative estimate of drug-likeness (QED) is 0.774. The largest absolute Gasteiger partial charge is 0.481 e. The summed E-state index contributed by atoms with van der Waals surface area (Å²) in [5.74, 6) is -0.284. The second kappa shape index (κ2) is 4.55. The molecule has 0 fully saturated rings. The molecule has 0 amide bonds. The van der Waals surface area contributed by atoms with Crippen LogP contribution < -0.4 is 4.74 Å². The van der Waals surface area contributed by atoms with E-state index in [1.807, 2.05) is 13.8 Å². The van der Waals surface area contributed by atoms with Crippen molar-refractivity contribution in [2.75, 3.05) is 0 Å². The molecule has 14 heavy (non-hydrogen) atoms. The van der Waals surface area contributed by atoms with Gasteiger partial charge in [-0.2, -0.15) is 4.98 Å². The van der Waals surface area contributed by atoms with Gasteiger partial charge in [-0.05, 0) is 13.8 Å². The maximum absolute atomic E-state index is 10.4. The number of carboxylic acid groups (broad SMARTS) is 1. The van der Waals surface area contributed by atoms with E-state index in [-0.39, 0.29) is 18.3 Å². The lowest BCUT2D eigenvalue weighted by molar-refractivity contribution is -0.136. The number of ether oxygens (including phenoxy) is 1. The van der Waals surface area contributed by atoms with Gasteiger partial charge in [-0.25, -0.2) is 4.98 Å². The van der Waals surface area contributed by atoms with Gasteiger partial charge in [0.15, 0.2) is 0 Å². The summed E-state index contributed by atoms with van der Waals surface area (Å²) in [5.41, 5.74) is 0. The van der Waals surface area contributed by atoms with Crippen LogP contribution in [0.15, 0.2) is 12.3 Å². The van der Waals surface area contributed by atoms with Gasteiger partial charge in [-0.15, -0.1) is 0 Å². The van der Waals surface area contributed by atoms with Gasteiger partial charge in [-0.3, -0.25) is 4.79 Å². The number of aliphatic carboxylic acids is 1. The zero-order valence-corrected chi connectivity index (χ0v) is 8.10. The summed E-state index contributed by atoms with van der Waals surface area (Å²) < 4.78 is 5.29. The molecule has 76 valence electrons. The molecule has 0 bridgehead atoms. The Balaban J connectivity index is 2.73. The predicted molar refractivity (Wildman–Crippen MR) is 49.1 cm³/mol. The topological polar surface area (TPSA) is 72.3 Å². The Morgan fingerprint density at radius 3 is 2.93 bits per heavy atom. The van der Waals surface area contributed by atoms with Crippen molar-refractivity contribution >= 4 is 5.97 Å². The molecule has 0 saturated carbocycles. The van der Waals surface area contributed by atoms with E-state index >= 15 is 0 Å². The molecule has 1 rings (SSSR count). The van der Waals surface area contributed by atoms with Crippen LogP contribution >= 0.6 is 0 Å². The minimum absolute atomic E-state index is 0.0163. The summed E-state index contributed by atoms with van der Waals surface area (Å²) in [6.07, 6.45) is 1.32. The molecule has 1 N–H and O–H groups in total. The summed E-state index contributed by atoms with van der Waals surface area (Å²) in [4.78, 5) is 18.1. The molecule has 0 spiro atoms. The average molecular weight is 196 g/mol. The van der Waals surface area contributed by atoms with Crippen molar-refractivity contribution in [1.29, 1.82) is 0 Å². The van der Waals surface area contributed by atoms with Crippen molar-refractivity contribution in [3.8, 4) is 5.88 Å². The first-order chi connectivity index (χ1) is 6.58. The van der Waals surface area contributed by atoms with Crippen LogP contribution in [0.5, 0.6) is 5.88 Å². The van der Waals surface area contributed by atoms with Crippen molar-refractivity contribution in [1.82, 2.24) is 9.97 Å². The molecule has 1 aromatic rings. The van der Waals surface area contributed by atoms with Crippen LogP contribution in [0.2, 0.25) is 0 Å². The van der Waals surface area contributed by atoms with Crippen LogP contribution in [0.3, 0.4) is 0 Å². The molecule has 0 atom stereocenters. The van der Waals surface area contributed by atoms with E-state index in [1.165, 1.54) is 6.20 Å². The summed E-state index contributed by atoms with van der Waals surface area (Å²) in [7, 11) is 0. The molecule has 0 aliphatic rings. The molecular weight excluding hydrogens is 184 g/mol. The van der Waals surface area contributed by atoms with Crippen molar-refractivity contribution in [2.24, 2.45) is 0 Å². The van der Waals surface area contributed by atoms with Crippen LogP contribution in [0, 0.1) is 0 Å². The van der Waals surface area contributed by atoms with Gasteiger partial charge < -0.3 is 9.84 Å². The number of rotatable bonds is 4. The maximum Gasteiger partial charge on any atom is 0.311 e. The fourth-order valence-corrected chi connectivity index (χ4v) is 0.908. The van der Waals surface area contributed by atoms with Gasteiger partial charge in [0.2, 0.25) is 5.88 Å². The lowest BCUT2D eigenvalue weighted by atomic mass is 10.4. The second-order valence-electron chi connectivity index (χ2n) is 3.05. The first kappa shape index (κ1) is 10.4. The molecule has 0 unspecified atom stereocenters. The SMILES string of the molecule is CC(C)Oc1ccnc(CC(=O)O)n1. The highest BCUT2D eigenvalue weighted by Crippen LogP contribution is 2.07. The van der Waals surface area contributed by atoms with Gasteiger partial charge in [-0.1, -0.05) is 0 Å². The Morgan fingerprint density at radius 2 is 2.36 bits per heavy atom. The maximum atomic E-state index is 10.4. The van der Waals surface area contributed by atoms with Gasteiger partial charge in [0.1, 0.15) is 12.2 Å². The van der Waals surface area contributed by atoms with Gasteiger partial charge in [0.25, 0.3) is 0 Å². The van der Waals surface area contributed by atoms with E-state index in [0.29, 0.717) is 5.88 Å². The molecular formula is C9H12N2O3. The lowest BCUT2D eigenvalue weighted by Gasteiger charge is -2.08. The third-order valence-electron chi connectivity index (χ3n) is 1.35. The molecule has 0 aromatic carbocycles. The standard InChI is InChI=1S/C9H12N2O3/c1-6(2)14-8-3-4-10-7(11-8)5-9(12)13/h3-4,6H,5H2,1-2H3,(H,12,13). The summed E-state index contributed by atoms with van der Waals surface area (Å²) in [5, 5.41) is 8.52. The Kier molecular flexibility index (Phi) is 3.39. The van der Waals surface area contributed by atoms with E-state index in [0.717, 1.165) is 0 Å². The van der Waals surface area contributed by atoms with Crippen molar-refractivity contribution in [3.05, 3.63) is 18.1 Å². The van der Waals surface area contributed by atoms with Crippen LogP contribution in [0.1, 0.15) is 19.7 Å². The van der Waals surface area contributed by atoms with Crippen LogP contribution in [0.4, 0.5) is 0 Å². The number of nitrogens with zero attached hydrogens (tertiary/aromatic N) is 2. The molecule has 5 heteroatoms. The fourth-order valence-electron chi connectivity index (χ4n) is 0.908. The third-order valence-corrected chi connectivity index (χ3v) is 1.35. The zero-order chi connectivity index (χ0) is 10.6. The number of hydrogen-bond donors (Lipinski definition) is 1. The minimum Gasteiger partial charge on any atom is -0.481 e. The fraction of sp³-hybridized carbons (Fsp3) is 0.444. The van der Waals surface area contributed by atoms with Crippen molar-refractivity contribution < 1.29 is 14.6 Å². The second-order valence-corrected chi connectivity index (χ2v) is 3.05.